The summed E-state index contributed by atoms with van der Waals surface area (Å²) in [4.78, 5) is 32.6. The predicted octanol–water partition coefficient (Wildman–Crippen LogP) is 3.30. The van der Waals surface area contributed by atoms with Crippen molar-refractivity contribution in [2.45, 2.75) is 32.1 Å². The van der Waals surface area contributed by atoms with E-state index in [2.05, 4.69) is 32.8 Å². The van der Waals surface area contributed by atoms with Gasteiger partial charge in [0.2, 0.25) is 5.91 Å². The highest BCUT2D eigenvalue weighted by Crippen LogP contribution is 2.37. The maximum atomic E-state index is 13.8. The number of alkyl halides is 1. The Labute approximate surface area is 195 Å². The number of amides is 1. The van der Waals surface area contributed by atoms with E-state index in [0.717, 1.165) is 0 Å². The van der Waals surface area contributed by atoms with Gasteiger partial charge in [0.15, 0.2) is 0 Å². The molecule has 2 N–H and O–H groups in total. The third-order valence-electron chi connectivity index (χ3n) is 5.00. The number of likely N-dealkylation sites (tertiary alicyclic amines) is 1. The minimum atomic E-state index is -1.40. The first-order valence-electron chi connectivity index (χ1n) is 9.77. The first kappa shape index (κ1) is 22.6. The fourth-order valence-corrected chi connectivity index (χ4v) is 4.90. The largest absolute Gasteiger partial charge is 0.335 e. The van der Waals surface area contributed by atoms with Crippen LogP contribution < -0.4 is 11.3 Å². The molecule has 3 aromatic rings. The van der Waals surface area contributed by atoms with Crippen molar-refractivity contribution in [1.82, 2.24) is 14.5 Å². The van der Waals surface area contributed by atoms with Crippen LogP contribution in [0.1, 0.15) is 18.7 Å². The quantitative estimate of drug-likeness (QED) is 0.537. The SMILES string of the molecule is CC(N)C#Cc1sc2ncn(CC(=O)N3CC(C)(F)C3)c(=O)c2c1-c1ccc(F)c(Br)c1. The van der Waals surface area contributed by atoms with Gasteiger partial charge >= 0.3 is 0 Å². The van der Waals surface area contributed by atoms with Crippen molar-refractivity contribution in [1.29, 1.82) is 0 Å². The van der Waals surface area contributed by atoms with Gasteiger partial charge in [0.1, 0.15) is 22.9 Å². The second-order valence-corrected chi connectivity index (χ2v) is 9.87. The van der Waals surface area contributed by atoms with E-state index in [-0.39, 0.29) is 41.4 Å². The monoisotopic (exact) mass is 520 g/mol. The smallest absolute Gasteiger partial charge is 0.263 e. The van der Waals surface area contributed by atoms with Crippen LogP contribution in [-0.4, -0.2) is 45.2 Å². The molecule has 2 aromatic heterocycles. The average Bonchev–Trinajstić information content (AvgIpc) is 3.08. The van der Waals surface area contributed by atoms with Crippen molar-refractivity contribution in [2.75, 3.05) is 13.1 Å². The summed E-state index contributed by atoms with van der Waals surface area (Å²) >= 11 is 4.41. The predicted molar refractivity (Wildman–Crippen MR) is 124 cm³/mol. The van der Waals surface area contributed by atoms with Gasteiger partial charge in [0, 0.05) is 5.56 Å². The van der Waals surface area contributed by atoms with Gasteiger partial charge in [-0.1, -0.05) is 17.9 Å². The van der Waals surface area contributed by atoms with E-state index >= 15 is 0 Å². The highest BCUT2D eigenvalue weighted by molar-refractivity contribution is 9.10. The Morgan fingerprint density at radius 2 is 2.16 bits per heavy atom. The zero-order valence-electron chi connectivity index (χ0n) is 17.3. The first-order chi connectivity index (χ1) is 15.1. The van der Waals surface area contributed by atoms with Gasteiger partial charge in [-0.15, -0.1) is 11.3 Å². The molecule has 0 saturated carbocycles. The van der Waals surface area contributed by atoms with Gasteiger partial charge < -0.3 is 10.6 Å². The van der Waals surface area contributed by atoms with Gasteiger partial charge in [-0.05, 0) is 47.5 Å². The van der Waals surface area contributed by atoms with Crippen LogP contribution in [-0.2, 0) is 11.3 Å². The van der Waals surface area contributed by atoms with Gasteiger partial charge in [0.05, 0.1) is 40.2 Å². The summed E-state index contributed by atoms with van der Waals surface area (Å²) < 4.78 is 29.0. The number of hydrogen-bond acceptors (Lipinski definition) is 5. The standard InChI is InChI=1S/C22H19BrF2N4O2S/c1-12(26)3-6-16-18(13-4-5-15(24)14(23)7-13)19-20(32-16)27-11-28(21(19)31)8-17(30)29-9-22(2,25)10-29/h4-5,7,11-12H,8-10,26H2,1-2H3. The molecule has 1 amide bonds. The molecule has 1 fully saturated rings. The molecule has 0 aliphatic carbocycles. The number of hydrogen-bond donors (Lipinski definition) is 1. The summed E-state index contributed by atoms with van der Waals surface area (Å²) in [6, 6.07) is 4.04. The fourth-order valence-electron chi connectivity index (χ4n) is 3.51. The Morgan fingerprint density at radius 3 is 2.78 bits per heavy atom. The number of thiophene rings is 1. The van der Waals surface area contributed by atoms with E-state index in [4.69, 9.17) is 5.73 Å². The Balaban J connectivity index is 1.83. The lowest BCUT2D eigenvalue weighted by Gasteiger charge is -2.42. The van der Waals surface area contributed by atoms with Crippen LogP contribution in [0.4, 0.5) is 8.78 Å². The molecule has 0 bridgehead atoms. The number of nitrogens with two attached hydrogens (primary N) is 1. The number of halogens is 3. The van der Waals surface area contributed by atoms with Crippen molar-refractivity contribution >= 4 is 43.4 Å². The number of benzene rings is 1. The molecule has 1 aliphatic heterocycles. The molecule has 4 rings (SSSR count). The zero-order valence-corrected chi connectivity index (χ0v) is 19.7. The highest BCUT2D eigenvalue weighted by Gasteiger charge is 2.41. The number of fused-ring (bicyclic) bond motifs is 1. The molecule has 6 nitrogen and oxygen atoms in total. The van der Waals surface area contributed by atoms with Gasteiger partial charge in [0.25, 0.3) is 5.56 Å². The van der Waals surface area contributed by atoms with Crippen LogP contribution in [0.3, 0.4) is 0 Å². The summed E-state index contributed by atoms with van der Waals surface area (Å²) in [5.74, 6) is 5.08. The minimum Gasteiger partial charge on any atom is -0.335 e. The molecule has 166 valence electrons. The molecule has 1 aromatic carbocycles. The minimum absolute atomic E-state index is 0.000570. The lowest BCUT2D eigenvalue weighted by molar-refractivity contribution is -0.144. The number of aromatic nitrogens is 2. The summed E-state index contributed by atoms with van der Waals surface area (Å²) in [5, 5.41) is 0.289. The molecular weight excluding hydrogens is 502 g/mol. The normalized spacial score (nSPS) is 15.8. The van der Waals surface area contributed by atoms with Crippen molar-refractivity contribution < 1.29 is 13.6 Å². The van der Waals surface area contributed by atoms with E-state index in [1.165, 1.54) is 40.1 Å². The van der Waals surface area contributed by atoms with E-state index in [1.54, 1.807) is 19.1 Å². The summed E-state index contributed by atoms with van der Waals surface area (Å²) in [6.07, 6.45) is 1.31. The van der Waals surface area contributed by atoms with E-state index < -0.39 is 17.0 Å². The molecule has 32 heavy (non-hydrogen) atoms. The molecular formula is C22H19BrF2N4O2S. The van der Waals surface area contributed by atoms with Crippen LogP contribution in [0.25, 0.3) is 21.3 Å². The van der Waals surface area contributed by atoms with E-state index in [0.29, 0.717) is 20.8 Å². The summed E-state index contributed by atoms with van der Waals surface area (Å²) in [7, 11) is 0. The van der Waals surface area contributed by atoms with Crippen molar-refractivity contribution in [3.63, 3.8) is 0 Å². The third kappa shape index (κ3) is 4.33. The van der Waals surface area contributed by atoms with E-state index in [9.17, 15) is 18.4 Å². The van der Waals surface area contributed by atoms with Crippen LogP contribution >= 0.6 is 27.3 Å². The number of carbonyl (C=O) groups is 1. The highest BCUT2D eigenvalue weighted by atomic mass is 79.9. The van der Waals surface area contributed by atoms with Gasteiger partial charge in [-0.2, -0.15) is 0 Å². The molecule has 1 aliphatic rings. The van der Waals surface area contributed by atoms with Gasteiger partial charge in [-0.25, -0.2) is 13.8 Å². The zero-order chi connectivity index (χ0) is 23.2. The Morgan fingerprint density at radius 1 is 1.44 bits per heavy atom. The molecule has 0 radical (unpaired) electrons. The van der Waals surface area contributed by atoms with E-state index in [1.807, 2.05) is 0 Å². The van der Waals surface area contributed by atoms with Crippen molar-refractivity contribution in [3.8, 4) is 23.0 Å². The second kappa shape index (κ2) is 8.39. The molecule has 1 saturated heterocycles. The number of carbonyl (C=O) groups excluding carboxylic acids is 1. The number of nitrogens with zero attached hydrogens (tertiary/aromatic N) is 3. The summed E-state index contributed by atoms with van der Waals surface area (Å²) in [6.45, 7) is 2.92. The van der Waals surface area contributed by atoms with Crippen molar-refractivity contribution in [2.24, 2.45) is 5.73 Å². The Hall–Kier alpha value is -2.61. The molecule has 10 heteroatoms. The molecule has 1 unspecified atom stereocenters. The maximum absolute atomic E-state index is 13.8. The van der Waals surface area contributed by atoms with Crippen molar-refractivity contribution in [3.05, 3.63) is 50.0 Å². The fraction of sp³-hybridized carbons (Fsp3) is 0.318. The third-order valence-corrected chi connectivity index (χ3v) is 6.62. The molecule has 1 atom stereocenters. The maximum Gasteiger partial charge on any atom is 0.263 e. The second-order valence-electron chi connectivity index (χ2n) is 8.01. The van der Waals surface area contributed by atoms with Crippen LogP contribution in [0, 0.1) is 17.7 Å². The Bertz CT molecular complexity index is 1350. The van der Waals surface area contributed by atoms with Gasteiger partial charge in [-0.3, -0.25) is 14.2 Å². The lowest BCUT2D eigenvalue weighted by Crippen LogP contribution is -2.60. The van der Waals surface area contributed by atoms with Crippen LogP contribution in [0.2, 0.25) is 0 Å². The average molecular weight is 521 g/mol. The molecule has 3 heterocycles. The van der Waals surface area contributed by atoms with Crippen LogP contribution in [0.15, 0.2) is 33.8 Å². The topological polar surface area (TPSA) is 81.2 Å². The van der Waals surface area contributed by atoms with Crippen LogP contribution in [0.5, 0.6) is 0 Å². The molecule has 0 spiro atoms. The lowest BCUT2D eigenvalue weighted by atomic mass is 9.99. The summed E-state index contributed by atoms with van der Waals surface area (Å²) in [5.41, 5.74) is 5.04. The Kier molecular flexibility index (Phi) is 5.92. The number of rotatable bonds is 3. The first-order valence-corrected chi connectivity index (χ1v) is 11.4.